The molecule has 3 aromatic rings. The number of Topliss-reactive ketones (excluding diaryl/α,β-unsaturated/α-hetero) is 1. The van der Waals surface area contributed by atoms with Crippen LogP contribution in [-0.4, -0.2) is 37.0 Å². The summed E-state index contributed by atoms with van der Waals surface area (Å²) in [6.07, 6.45) is 0. The third-order valence-corrected chi connectivity index (χ3v) is 6.27. The summed E-state index contributed by atoms with van der Waals surface area (Å²) in [5, 5.41) is 11.5. The van der Waals surface area contributed by atoms with E-state index < -0.39 is 29.5 Å². The van der Waals surface area contributed by atoms with Crippen LogP contribution in [0.5, 0.6) is 17.2 Å². The van der Waals surface area contributed by atoms with E-state index in [1.807, 2.05) is 0 Å². The van der Waals surface area contributed by atoms with E-state index in [9.17, 15) is 19.5 Å². The van der Waals surface area contributed by atoms with Crippen LogP contribution in [0, 0.1) is 0 Å². The lowest BCUT2D eigenvalue weighted by atomic mass is 9.95. The predicted octanol–water partition coefficient (Wildman–Crippen LogP) is 5.56. The van der Waals surface area contributed by atoms with E-state index in [-0.39, 0.29) is 32.7 Å². The molecule has 10 heteroatoms. The molecule has 1 saturated heterocycles. The van der Waals surface area contributed by atoms with Crippen molar-refractivity contribution in [1.29, 1.82) is 0 Å². The summed E-state index contributed by atoms with van der Waals surface area (Å²) in [6, 6.07) is 14.6. The molecule has 1 N–H and O–H groups in total. The molecule has 37 heavy (non-hydrogen) atoms. The number of hydrogen-bond donors (Lipinski definition) is 1. The van der Waals surface area contributed by atoms with Gasteiger partial charge < -0.3 is 19.3 Å². The Hall–Kier alpha value is -4.01. The van der Waals surface area contributed by atoms with Crippen LogP contribution in [0.15, 0.2) is 66.2 Å². The Labute approximate surface area is 222 Å². The zero-order chi connectivity index (χ0) is 26.9. The van der Waals surface area contributed by atoms with Crippen LogP contribution in [0.25, 0.3) is 5.76 Å². The smallest absolute Gasteiger partial charge is 0.308 e. The number of carbonyl (C=O) groups is 3. The van der Waals surface area contributed by atoms with E-state index in [4.69, 9.17) is 37.4 Å². The van der Waals surface area contributed by atoms with Crippen molar-refractivity contribution in [2.24, 2.45) is 0 Å². The molecule has 0 saturated carbocycles. The molecule has 0 spiro atoms. The summed E-state index contributed by atoms with van der Waals surface area (Å²) >= 11 is 12.5. The molecule has 0 aliphatic carbocycles. The lowest BCUT2D eigenvalue weighted by Gasteiger charge is -2.26. The Bertz CT molecular complexity index is 1410. The van der Waals surface area contributed by atoms with Crippen molar-refractivity contribution in [1.82, 2.24) is 0 Å². The first-order valence-electron chi connectivity index (χ1n) is 10.9. The fraction of sp³-hybridized carbons (Fsp3) is 0.148. The maximum absolute atomic E-state index is 13.4. The van der Waals surface area contributed by atoms with E-state index >= 15 is 0 Å². The van der Waals surface area contributed by atoms with Gasteiger partial charge in [0.1, 0.15) is 17.3 Å². The lowest BCUT2D eigenvalue weighted by molar-refractivity contribution is -0.132. The Morgan fingerprint density at radius 2 is 1.57 bits per heavy atom. The number of halogens is 2. The van der Waals surface area contributed by atoms with Crippen LogP contribution in [0.1, 0.15) is 24.1 Å². The average Bonchev–Trinajstić information content (AvgIpc) is 3.13. The number of ether oxygens (including phenoxy) is 3. The van der Waals surface area contributed by atoms with Crippen molar-refractivity contribution in [3.05, 3.63) is 87.4 Å². The molecule has 1 fully saturated rings. The molecule has 190 valence electrons. The molecule has 3 aromatic carbocycles. The van der Waals surface area contributed by atoms with Crippen LogP contribution in [0.3, 0.4) is 0 Å². The number of aliphatic hydroxyl groups excluding tert-OH is 1. The first-order chi connectivity index (χ1) is 17.7. The summed E-state index contributed by atoms with van der Waals surface area (Å²) in [5.74, 6) is -1.84. The number of anilines is 1. The summed E-state index contributed by atoms with van der Waals surface area (Å²) in [7, 11) is 2.90. The van der Waals surface area contributed by atoms with Gasteiger partial charge in [0, 0.05) is 18.2 Å². The van der Waals surface area contributed by atoms with Crippen molar-refractivity contribution in [2.45, 2.75) is 13.0 Å². The number of amides is 1. The number of rotatable bonds is 6. The predicted molar refractivity (Wildman–Crippen MR) is 139 cm³/mol. The van der Waals surface area contributed by atoms with Crippen molar-refractivity contribution in [3.8, 4) is 17.2 Å². The molecule has 0 bridgehead atoms. The van der Waals surface area contributed by atoms with Gasteiger partial charge in [-0.05, 0) is 54.1 Å². The van der Waals surface area contributed by atoms with Gasteiger partial charge in [0.25, 0.3) is 11.7 Å². The summed E-state index contributed by atoms with van der Waals surface area (Å²) in [6.45, 7) is 1.26. The number of esters is 1. The monoisotopic (exact) mass is 541 g/mol. The zero-order valence-corrected chi connectivity index (χ0v) is 21.5. The third-order valence-electron chi connectivity index (χ3n) is 5.71. The molecule has 1 amide bonds. The summed E-state index contributed by atoms with van der Waals surface area (Å²) < 4.78 is 15.6. The molecule has 1 aliphatic rings. The number of nitrogens with zero attached hydrogens (tertiary/aromatic N) is 1. The highest BCUT2D eigenvalue weighted by Crippen LogP contribution is 2.44. The van der Waals surface area contributed by atoms with E-state index in [1.165, 1.54) is 44.2 Å². The van der Waals surface area contributed by atoms with E-state index in [0.717, 1.165) is 0 Å². The number of carbonyl (C=O) groups excluding carboxylic acids is 3. The standard InChI is InChI=1S/C27H21Cl2NO7/c1-14(31)37-19-6-4-5-15(11-19)23-22(24(32)16-12-20(28)26(36-3)21(29)13-16)25(33)27(34)30(23)17-7-9-18(35-2)10-8-17/h4-13,23,32H,1-3H3/b24-22+. The first-order valence-corrected chi connectivity index (χ1v) is 11.7. The van der Waals surface area contributed by atoms with Gasteiger partial charge in [-0.3, -0.25) is 19.3 Å². The summed E-state index contributed by atoms with van der Waals surface area (Å²) in [4.78, 5) is 39.5. The second-order valence-electron chi connectivity index (χ2n) is 8.01. The fourth-order valence-electron chi connectivity index (χ4n) is 4.12. The minimum absolute atomic E-state index is 0.106. The third kappa shape index (κ3) is 4.98. The van der Waals surface area contributed by atoms with E-state index in [2.05, 4.69) is 0 Å². The van der Waals surface area contributed by atoms with Gasteiger partial charge in [0.15, 0.2) is 5.75 Å². The molecule has 1 heterocycles. The Kier molecular flexibility index (Phi) is 7.42. The van der Waals surface area contributed by atoms with Gasteiger partial charge in [-0.1, -0.05) is 35.3 Å². The van der Waals surface area contributed by atoms with Crippen molar-refractivity contribution in [2.75, 3.05) is 19.1 Å². The molecule has 4 rings (SSSR count). The largest absolute Gasteiger partial charge is 0.507 e. The number of aliphatic hydroxyl groups is 1. The highest BCUT2D eigenvalue weighted by atomic mass is 35.5. The van der Waals surface area contributed by atoms with E-state index in [0.29, 0.717) is 17.0 Å². The SMILES string of the molecule is COc1ccc(N2C(=O)C(=O)/C(=C(/O)c3cc(Cl)c(OC)c(Cl)c3)C2c2cccc(OC(C)=O)c2)cc1. The molecular formula is C27H21Cl2NO7. The number of methoxy groups -OCH3 is 2. The number of ketones is 1. The van der Waals surface area contributed by atoms with Crippen LogP contribution >= 0.6 is 23.2 Å². The quantitative estimate of drug-likeness (QED) is 0.143. The van der Waals surface area contributed by atoms with Crippen LogP contribution in [-0.2, 0) is 14.4 Å². The Morgan fingerprint density at radius 3 is 2.14 bits per heavy atom. The molecule has 8 nitrogen and oxygen atoms in total. The fourth-order valence-corrected chi connectivity index (χ4v) is 4.76. The second-order valence-corrected chi connectivity index (χ2v) is 8.82. The van der Waals surface area contributed by atoms with Gasteiger partial charge in [-0.15, -0.1) is 0 Å². The highest BCUT2D eigenvalue weighted by Gasteiger charge is 2.47. The summed E-state index contributed by atoms with van der Waals surface area (Å²) in [5.41, 5.74) is 0.722. The normalized spacial score (nSPS) is 16.6. The topological polar surface area (TPSA) is 102 Å². The van der Waals surface area contributed by atoms with E-state index in [1.54, 1.807) is 42.5 Å². The molecule has 1 atom stereocenters. The van der Waals surface area contributed by atoms with Crippen LogP contribution in [0.4, 0.5) is 5.69 Å². The maximum atomic E-state index is 13.4. The molecule has 0 radical (unpaired) electrons. The van der Waals surface area contributed by atoms with Crippen molar-refractivity contribution in [3.63, 3.8) is 0 Å². The zero-order valence-electron chi connectivity index (χ0n) is 20.0. The average molecular weight is 542 g/mol. The highest BCUT2D eigenvalue weighted by molar-refractivity contribution is 6.51. The first kappa shape index (κ1) is 26.1. The molecular weight excluding hydrogens is 521 g/mol. The molecule has 0 aromatic heterocycles. The van der Waals surface area contributed by atoms with Gasteiger partial charge in [0.05, 0.1) is 35.9 Å². The minimum atomic E-state index is -1.07. The molecule has 1 aliphatic heterocycles. The van der Waals surface area contributed by atoms with Crippen molar-refractivity contribution < 1.29 is 33.7 Å². The maximum Gasteiger partial charge on any atom is 0.308 e. The van der Waals surface area contributed by atoms with Gasteiger partial charge >= 0.3 is 5.97 Å². The lowest BCUT2D eigenvalue weighted by Crippen LogP contribution is -2.29. The minimum Gasteiger partial charge on any atom is -0.507 e. The number of benzene rings is 3. The van der Waals surface area contributed by atoms with Crippen LogP contribution < -0.4 is 19.1 Å². The van der Waals surface area contributed by atoms with Gasteiger partial charge in [-0.25, -0.2) is 0 Å². The van der Waals surface area contributed by atoms with Gasteiger partial charge in [0.2, 0.25) is 0 Å². The molecule has 1 unspecified atom stereocenters. The van der Waals surface area contributed by atoms with Crippen LogP contribution in [0.2, 0.25) is 10.0 Å². The van der Waals surface area contributed by atoms with Gasteiger partial charge in [-0.2, -0.15) is 0 Å². The Morgan fingerprint density at radius 1 is 0.919 bits per heavy atom. The second kappa shape index (κ2) is 10.5. The Balaban J connectivity index is 1.95. The van der Waals surface area contributed by atoms with Crippen molar-refractivity contribution >= 4 is 52.3 Å². The number of hydrogen-bond acceptors (Lipinski definition) is 7.